The van der Waals surface area contributed by atoms with Crippen LogP contribution < -0.4 is 0 Å². The molecule has 0 aromatic heterocycles. The minimum absolute atomic E-state index is 0.0193. The van der Waals surface area contributed by atoms with E-state index in [0.717, 1.165) is 11.1 Å². The summed E-state index contributed by atoms with van der Waals surface area (Å²) in [6, 6.07) is 19.4. The molecule has 1 heterocycles. The molecule has 0 bridgehead atoms. The van der Waals surface area contributed by atoms with Gasteiger partial charge in [0.1, 0.15) is 6.61 Å². The predicted molar refractivity (Wildman–Crippen MR) is 182 cm³/mol. The summed E-state index contributed by atoms with van der Waals surface area (Å²) in [6.07, 6.45) is 0.0755. The Hall–Kier alpha value is -2.53. The van der Waals surface area contributed by atoms with Crippen LogP contribution in [0.25, 0.3) is 0 Å². The first kappa shape index (κ1) is 40.6. The summed E-state index contributed by atoms with van der Waals surface area (Å²) in [6.45, 7) is 20.9. The van der Waals surface area contributed by atoms with Crippen molar-refractivity contribution in [1.82, 2.24) is 4.90 Å². The van der Waals surface area contributed by atoms with E-state index in [0.29, 0.717) is 6.42 Å². The second kappa shape index (κ2) is 14.5. The van der Waals surface area contributed by atoms with Crippen molar-refractivity contribution < 1.29 is 44.2 Å². The Kier molecular flexibility index (Phi) is 12.6. The third-order valence-electron chi connectivity index (χ3n) is 9.11. The van der Waals surface area contributed by atoms with Gasteiger partial charge in [0.15, 0.2) is 8.32 Å². The highest BCUT2D eigenvalue weighted by atomic mass is 32.2. The summed E-state index contributed by atoms with van der Waals surface area (Å²) in [4.78, 5) is 27.4. The van der Waals surface area contributed by atoms with Crippen molar-refractivity contribution in [2.75, 3.05) is 6.61 Å². The van der Waals surface area contributed by atoms with E-state index >= 15 is 0 Å². The van der Waals surface area contributed by atoms with Crippen LogP contribution in [0.15, 0.2) is 60.7 Å². The molecule has 47 heavy (non-hydrogen) atoms. The molecule has 1 aliphatic heterocycles. The van der Waals surface area contributed by atoms with Crippen molar-refractivity contribution in [2.24, 2.45) is 0 Å². The number of halogens is 3. The molecule has 1 unspecified atom stereocenters. The van der Waals surface area contributed by atoms with Crippen molar-refractivity contribution in [1.29, 1.82) is 0 Å². The monoisotopic (exact) mass is 717 g/mol. The third-order valence-corrected chi connectivity index (χ3v) is 20.4. The summed E-state index contributed by atoms with van der Waals surface area (Å²) >= 11 is 0. The van der Waals surface area contributed by atoms with E-state index in [-0.39, 0.29) is 30.0 Å². The average molecular weight is 718 g/mol. The van der Waals surface area contributed by atoms with Crippen LogP contribution in [0.2, 0.25) is 36.3 Å². The Morgan fingerprint density at radius 3 is 1.77 bits per heavy atom. The molecule has 14 heteroatoms. The number of ether oxygens (including phenoxy) is 1. The quantitative estimate of drug-likeness (QED) is 0.189. The van der Waals surface area contributed by atoms with Crippen molar-refractivity contribution in [3.05, 3.63) is 71.8 Å². The lowest BCUT2D eigenvalue weighted by Gasteiger charge is -2.44. The van der Waals surface area contributed by atoms with Crippen LogP contribution in [0.1, 0.15) is 66.0 Å². The molecule has 1 saturated heterocycles. The highest BCUT2D eigenvalue weighted by Crippen LogP contribution is 2.44. The van der Waals surface area contributed by atoms with Crippen LogP contribution in [-0.4, -0.2) is 60.1 Å². The van der Waals surface area contributed by atoms with Crippen LogP contribution in [-0.2, 0) is 40.0 Å². The second-order valence-electron chi connectivity index (χ2n) is 15.1. The van der Waals surface area contributed by atoms with Gasteiger partial charge in [-0.25, -0.2) is 9.69 Å². The zero-order chi connectivity index (χ0) is 36.3. The molecule has 0 radical (unpaired) electrons. The Morgan fingerprint density at radius 2 is 1.32 bits per heavy atom. The number of cyclic esters (lactones) is 1. The molecule has 264 valence electrons. The van der Waals surface area contributed by atoms with E-state index in [1.807, 2.05) is 67.6 Å². The number of alkyl halides is 3. The molecule has 3 rings (SSSR count). The number of nitrogens with zero attached hydrogens (tertiary/aromatic N) is 1. The number of hydrogen-bond acceptors (Lipinski definition) is 7. The van der Waals surface area contributed by atoms with Gasteiger partial charge in [-0.05, 0) is 60.7 Å². The summed E-state index contributed by atoms with van der Waals surface area (Å²) in [5, 5.41) is -0.611. The van der Waals surface area contributed by atoms with Crippen LogP contribution in [0.4, 0.5) is 18.0 Å². The lowest BCUT2D eigenvalue weighted by molar-refractivity contribution is -0.133. The first-order valence-electron chi connectivity index (χ1n) is 15.4. The largest absolute Gasteiger partial charge is 0.522 e. The van der Waals surface area contributed by atoms with Gasteiger partial charge in [-0.1, -0.05) is 102 Å². The van der Waals surface area contributed by atoms with Crippen LogP contribution in [0.3, 0.4) is 0 Å². The summed E-state index contributed by atoms with van der Waals surface area (Å²) in [7, 11) is -10.6. The SMILES string of the molecule is CC(C)(C)[Si](C)(C)OS(=O)(=O)C(F)(F)F.CC(CC(=O)N1C(=O)OC[C@@H]1Cc1ccccc1)(O[Si](C)(C)C(C)(C)C)c1ccccc1. The van der Waals surface area contributed by atoms with Gasteiger partial charge < -0.3 is 13.0 Å². The topological polar surface area (TPSA) is 99.2 Å². The van der Waals surface area contributed by atoms with Gasteiger partial charge in [-0.15, -0.1) is 0 Å². The van der Waals surface area contributed by atoms with Gasteiger partial charge in [0.2, 0.25) is 14.2 Å². The summed E-state index contributed by atoms with van der Waals surface area (Å²) < 4.78 is 74.2. The molecular weight excluding hydrogens is 668 g/mol. The molecule has 0 saturated carbocycles. The lowest BCUT2D eigenvalue weighted by Crippen LogP contribution is -2.50. The number of carbonyl (C=O) groups is 2. The van der Waals surface area contributed by atoms with E-state index in [1.165, 1.54) is 18.0 Å². The summed E-state index contributed by atoms with van der Waals surface area (Å²) in [5.41, 5.74) is -4.19. The Bertz CT molecular complexity index is 1470. The second-order valence-corrected chi connectivity index (χ2v) is 26.3. The number of benzene rings is 2. The smallest absolute Gasteiger partial charge is 0.447 e. The normalized spacial score (nSPS) is 17.8. The van der Waals surface area contributed by atoms with Gasteiger partial charge in [-0.3, -0.25) is 4.79 Å². The molecular formula is C33H50F3NO7SSi2. The number of imide groups is 1. The van der Waals surface area contributed by atoms with Crippen molar-refractivity contribution in [3.8, 4) is 0 Å². The third kappa shape index (κ3) is 10.5. The standard InChI is InChI=1S/C26H35NO4Si.C7H15F3O3SSi/c1-25(2,3)32(5,6)31-26(4,21-15-11-8-12-16-21)18-23(28)27-22(19-30-24(27)29)17-20-13-9-7-10-14-20;1-6(2,3)15(4,5)13-14(11,12)7(8,9)10/h7-16,22H,17-19H2,1-6H3;1-5H3/t22-,26?;/m0./s1. The van der Waals surface area contributed by atoms with Gasteiger partial charge >= 0.3 is 21.7 Å². The minimum atomic E-state index is -5.48. The lowest BCUT2D eigenvalue weighted by atomic mass is 9.91. The minimum Gasteiger partial charge on any atom is -0.447 e. The van der Waals surface area contributed by atoms with Gasteiger partial charge in [0.05, 0.1) is 18.1 Å². The fourth-order valence-corrected chi connectivity index (χ4v) is 9.52. The molecule has 2 aromatic rings. The number of amides is 2. The van der Waals surface area contributed by atoms with E-state index in [9.17, 15) is 31.2 Å². The molecule has 2 atom stereocenters. The first-order chi connectivity index (χ1) is 21.1. The number of rotatable bonds is 9. The number of carbonyl (C=O) groups excluding carboxylic acids is 2. The molecule has 2 aromatic carbocycles. The van der Waals surface area contributed by atoms with E-state index in [1.54, 1.807) is 20.8 Å². The van der Waals surface area contributed by atoms with Gasteiger partial charge in [-0.2, -0.15) is 21.6 Å². The predicted octanol–water partition coefficient (Wildman–Crippen LogP) is 8.76. The highest BCUT2D eigenvalue weighted by Gasteiger charge is 2.53. The Balaban J connectivity index is 0.000000433. The maximum Gasteiger partial charge on any atom is 0.522 e. The first-order valence-corrected chi connectivity index (χ1v) is 22.7. The number of hydrogen-bond donors (Lipinski definition) is 0. The van der Waals surface area contributed by atoms with Crippen molar-refractivity contribution in [2.45, 2.75) is 115 Å². The van der Waals surface area contributed by atoms with Gasteiger partial charge in [0.25, 0.3) is 0 Å². The highest BCUT2D eigenvalue weighted by molar-refractivity contribution is 7.88. The van der Waals surface area contributed by atoms with E-state index < -0.39 is 49.0 Å². The molecule has 0 N–H and O–H groups in total. The molecule has 1 aliphatic rings. The zero-order valence-corrected chi connectivity index (χ0v) is 32.1. The van der Waals surface area contributed by atoms with Gasteiger partial charge in [0, 0.05) is 0 Å². The molecule has 8 nitrogen and oxygen atoms in total. The Labute approximate surface area is 280 Å². The van der Waals surface area contributed by atoms with E-state index in [2.05, 4.69) is 37.7 Å². The molecule has 0 spiro atoms. The average Bonchev–Trinajstić information content (AvgIpc) is 3.27. The fraction of sp³-hybridized carbons (Fsp3) is 0.576. The van der Waals surface area contributed by atoms with Crippen LogP contribution in [0.5, 0.6) is 0 Å². The molecule has 1 fully saturated rings. The van der Waals surface area contributed by atoms with E-state index in [4.69, 9.17) is 9.16 Å². The summed E-state index contributed by atoms with van der Waals surface area (Å²) in [5.74, 6) is -0.265. The maximum absolute atomic E-state index is 13.5. The fourth-order valence-electron chi connectivity index (χ4n) is 4.33. The van der Waals surface area contributed by atoms with Crippen LogP contribution >= 0.6 is 0 Å². The Morgan fingerprint density at radius 1 is 0.851 bits per heavy atom. The van der Waals surface area contributed by atoms with Crippen LogP contribution in [0, 0.1) is 0 Å². The molecule has 2 amide bonds. The maximum atomic E-state index is 13.5. The zero-order valence-electron chi connectivity index (χ0n) is 29.3. The van der Waals surface area contributed by atoms with Crippen molar-refractivity contribution >= 4 is 38.8 Å². The van der Waals surface area contributed by atoms with Crippen molar-refractivity contribution in [3.63, 3.8) is 0 Å². The molecule has 0 aliphatic carbocycles.